The van der Waals surface area contributed by atoms with Gasteiger partial charge in [0.2, 0.25) is 5.95 Å². The monoisotopic (exact) mass is 263 g/mol. The third kappa shape index (κ3) is 2.69. The second-order valence-corrected chi connectivity index (χ2v) is 5.16. The number of hydrogen-bond donors (Lipinski definition) is 3. The molecule has 0 aromatic carbocycles. The van der Waals surface area contributed by atoms with Crippen molar-refractivity contribution < 1.29 is 9.90 Å². The molecule has 0 bridgehead atoms. The first-order valence-electron chi connectivity index (χ1n) is 6.50. The number of carboxylic acids is 1. The highest BCUT2D eigenvalue weighted by atomic mass is 16.4. The standard InChI is InChI=1S/C12H17N5O2/c13-12-15-9(14-8-1-2-8)5-10(16-12)17-4-3-7(6-17)11(18)19/h5,7-8H,1-4,6H2,(H,18,19)(H3,13,14,15,16). The van der Waals surface area contributed by atoms with E-state index in [1.807, 2.05) is 11.0 Å². The number of aromatic nitrogens is 2. The molecule has 1 aromatic rings. The lowest BCUT2D eigenvalue weighted by molar-refractivity contribution is -0.140. The van der Waals surface area contributed by atoms with Crippen LogP contribution < -0.4 is 16.0 Å². The molecule has 1 aliphatic carbocycles. The van der Waals surface area contributed by atoms with Crippen LogP contribution >= 0.6 is 0 Å². The van der Waals surface area contributed by atoms with Gasteiger partial charge in [0, 0.05) is 25.2 Å². The molecule has 2 heterocycles. The van der Waals surface area contributed by atoms with Crippen LogP contribution in [0.15, 0.2) is 6.07 Å². The molecule has 0 amide bonds. The fraction of sp³-hybridized carbons (Fsp3) is 0.583. The third-order valence-corrected chi connectivity index (χ3v) is 3.52. The molecule has 0 radical (unpaired) electrons. The van der Waals surface area contributed by atoms with Gasteiger partial charge in [0.15, 0.2) is 0 Å². The molecule has 102 valence electrons. The smallest absolute Gasteiger partial charge is 0.308 e. The number of anilines is 3. The van der Waals surface area contributed by atoms with Crippen LogP contribution in [0.4, 0.5) is 17.6 Å². The topological polar surface area (TPSA) is 104 Å². The van der Waals surface area contributed by atoms with E-state index >= 15 is 0 Å². The number of aliphatic carboxylic acids is 1. The molecule has 1 saturated carbocycles. The van der Waals surface area contributed by atoms with Gasteiger partial charge in [0.25, 0.3) is 0 Å². The lowest BCUT2D eigenvalue weighted by Gasteiger charge is -2.18. The molecule has 1 aliphatic heterocycles. The Labute approximate surface area is 110 Å². The van der Waals surface area contributed by atoms with E-state index in [0.717, 1.165) is 18.7 Å². The van der Waals surface area contributed by atoms with E-state index in [9.17, 15) is 4.79 Å². The Balaban J connectivity index is 1.76. The molecule has 7 heteroatoms. The number of nitrogens with one attached hydrogen (secondary N) is 1. The number of carboxylic acid groups (broad SMARTS) is 1. The zero-order valence-electron chi connectivity index (χ0n) is 10.5. The Morgan fingerprint density at radius 1 is 1.42 bits per heavy atom. The highest BCUT2D eigenvalue weighted by molar-refractivity contribution is 5.72. The molecule has 4 N–H and O–H groups in total. The molecule has 1 unspecified atom stereocenters. The summed E-state index contributed by atoms with van der Waals surface area (Å²) >= 11 is 0. The summed E-state index contributed by atoms with van der Waals surface area (Å²) in [7, 11) is 0. The maximum Gasteiger partial charge on any atom is 0.308 e. The first-order chi connectivity index (χ1) is 9.11. The van der Waals surface area contributed by atoms with E-state index in [-0.39, 0.29) is 11.9 Å². The second kappa shape index (κ2) is 4.56. The van der Waals surface area contributed by atoms with E-state index in [0.29, 0.717) is 31.4 Å². The molecule has 2 fully saturated rings. The third-order valence-electron chi connectivity index (χ3n) is 3.52. The predicted molar refractivity (Wildman–Crippen MR) is 71.0 cm³/mol. The van der Waals surface area contributed by atoms with Crippen LogP contribution in [0.2, 0.25) is 0 Å². The van der Waals surface area contributed by atoms with Crippen molar-refractivity contribution in [3.63, 3.8) is 0 Å². The molecular weight excluding hydrogens is 246 g/mol. The van der Waals surface area contributed by atoms with Gasteiger partial charge in [-0.25, -0.2) is 0 Å². The first-order valence-corrected chi connectivity index (χ1v) is 6.50. The fourth-order valence-corrected chi connectivity index (χ4v) is 2.30. The number of hydrogen-bond acceptors (Lipinski definition) is 6. The van der Waals surface area contributed by atoms with Crippen molar-refractivity contribution >= 4 is 23.6 Å². The zero-order valence-corrected chi connectivity index (χ0v) is 10.5. The van der Waals surface area contributed by atoms with Crippen molar-refractivity contribution in [2.45, 2.75) is 25.3 Å². The molecule has 1 aromatic heterocycles. The van der Waals surface area contributed by atoms with E-state index in [2.05, 4.69) is 15.3 Å². The van der Waals surface area contributed by atoms with Crippen molar-refractivity contribution in [1.29, 1.82) is 0 Å². The average Bonchev–Trinajstić information content (AvgIpc) is 3.02. The molecular formula is C12H17N5O2. The summed E-state index contributed by atoms with van der Waals surface area (Å²) in [6.45, 7) is 1.17. The molecule has 2 aliphatic rings. The summed E-state index contributed by atoms with van der Waals surface area (Å²) in [5.41, 5.74) is 5.71. The van der Waals surface area contributed by atoms with Gasteiger partial charge in [-0.2, -0.15) is 9.97 Å². The van der Waals surface area contributed by atoms with Crippen molar-refractivity contribution in [3.05, 3.63) is 6.07 Å². The minimum Gasteiger partial charge on any atom is -0.481 e. The Morgan fingerprint density at radius 2 is 2.21 bits per heavy atom. The lowest BCUT2D eigenvalue weighted by Crippen LogP contribution is -2.24. The maximum atomic E-state index is 11.0. The van der Waals surface area contributed by atoms with Crippen molar-refractivity contribution in [2.24, 2.45) is 5.92 Å². The van der Waals surface area contributed by atoms with Crippen LogP contribution in [-0.2, 0) is 4.79 Å². The Hall–Kier alpha value is -2.05. The molecule has 3 rings (SSSR count). The van der Waals surface area contributed by atoms with Gasteiger partial charge in [0.05, 0.1) is 5.92 Å². The predicted octanol–water partition coefficient (Wildman–Crippen LogP) is 0.544. The quantitative estimate of drug-likeness (QED) is 0.728. The van der Waals surface area contributed by atoms with E-state index in [1.54, 1.807) is 0 Å². The van der Waals surface area contributed by atoms with Gasteiger partial charge in [0.1, 0.15) is 11.6 Å². The number of nitrogens with zero attached hydrogens (tertiary/aromatic N) is 3. The number of rotatable bonds is 4. The largest absolute Gasteiger partial charge is 0.481 e. The van der Waals surface area contributed by atoms with Gasteiger partial charge in [-0.15, -0.1) is 0 Å². The number of nitrogen functional groups attached to an aromatic ring is 1. The molecule has 1 saturated heterocycles. The van der Waals surface area contributed by atoms with Gasteiger partial charge in [-0.05, 0) is 19.3 Å². The summed E-state index contributed by atoms with van der Waals surface area (Å²) in [6.07, 6.45) is 2.96. The van der Waals surface area contributed by atoms with Crippen LogP contribution in [0.5, 0.6) is 0 Å². The molecule has 7 nitrogen and oxygen atoms in total. The normalized spacial score (nSPS) is 22.5. The number of carbonyl (C=O) groups is 1. The van der Waals surface area contributed by atoms with Gasteiger partial charge in [-0.3, -0.25) is 4.79 Å². The summed E-state index contributed by atoms with van der Waals surface area (Å²) < 4.78 is 0. The van der Waals surface area contributed by atoms with Crippen LogP contribution in [0, 0.1) is 5.92 Å². The van der Waals surface area contributed by atoms with Gasteiger partial charge >= 0.3 is 5.97 Å². The summed E-state index contributed by atoms with van der Waals surface area (Å²) in [5.74, 6) is 0.583. The van der Waals surface area contributed by atoms with Crippen molar-refractivity contribution in [2.75, 3.05) is 29.0 Å². The summed E-state index contributed by atoms with van der Waals surface area (Å²) in [4.78, 5) is 21.3. The first kappa shape index (κ1) is 12.0. The average molecular weight is 263 g/mol. The van der Waals surface area contributed by atoms with E-state index in [4.69, 9.17) is 10.8 Å². The van der Waals surface area contributed by atoms with E-state index < -0.39 is 5.97 Å². The van der Waals surface area contributed by atoms with Crippen molar-refractivity contribution in [1.82, 2.24) is 9.97 Å². The zero-order chi connectivity index (χ0) is 13.4. The van der Waals surface area contributed by atoms with Crippen LogP contribution in [0.3, 0.4) is 0 Å². The highest BCUT2D eigenvalue weighted by Gasteiger charge is 2.29. The SMILES string of the molecule is Nc1nc(NC2CC2)cc(N2CCC(C(=O)O)C2)n1. The van der Waals surface area contributed by atoms with Gasteiger partial charge < -0.3 is 21.1 Å². The fourth-order valence-electron chi connectivity index (χ4n) is 2.30. The van der Waals surface area contributed by atoms with Gasteiger partial charge in [-0.1, -0.05) is 0 Å². The minimum atomic E-state index is -0.749. The van der Waals surface area contributed by atoms with E-state index in [1.165, 1.54) is 0 Å². The summed E-state index contributed by atoms with van der Waals surface area (Å²) in [6, 6.07) is 2.34. The van der Waals surface area contributed by atoms with Crippen LogP contribution in [-0.4, -0.2) is 40.2 Å². The molecule has 1 atom stereocenters. The Kier molecular flexibility index (Phi) is 2.88. The number of nitrogens with two attached hydrogens (primary N) is 1. The molecule has 19 heavy (non-hydrogen) atoms. The lowest BCUT2D eigenvalue weighted by atomic mass is 10.1. The highest BCUT2D eigenvalue weighted by Crippen LogP contribution is 2.28. The Bertz CT molecular complexity index is 503. The van der Waals surface area contributed by atoms with Crippen molar-refractivity contribution in [3.8, 4) is 0 Å². The Morgan fingerprint density at radius 3 is 2.84 bits per heavy atom. The minimum absolute atomic E-state index is 0.222. The summed E-state index contributed by atoms with van der Waals surface area (Å²) in [5, 5.41) is 12.3. The van der Waals surface area contributed by atoms with Crippen LogP contribution in [0.1, 0.15) is 19.3 Å². The molecule has 0 spiro atoms. The van der Waals surface area contributed by atoms with Crippen LogP contribution in [0.25, 0.3) is 0 Å². The maximum absolute atomic E-state index is 11.0. The second-order valence-electron chi connectivity index (χ2n) is 5.16.